The smallest absolute Gasteiger partial charge is 0.227 e. The molecule has 3 rings (SSSR count). The first-order valence-electron chi connectivity index (χ1n) is 7.65. The van der Waals surface area contributed by atoms with Crippen molar-refractivity contribution in [3.63, 3.8) is 0 Å². The molecule has 0 bridgehead atoms. The SMILES string of the molecule is Cc1nccn1[C@H]1CCCN(C(=O)Cc2ccc(Cl)cc2)C1. The van der Waals surface area contributed by atoms with Crippen molar-refractivity contribution in [3.05, 3.63) is 53.1 Å². The molecule has 116 valence electrons. The summed E-state index contributed by atoms with van der Waals surface area (Å²) in [5.41, 5.74) is 1.01. The number of likely N-dealkylation sites (tertiary alicyclic amines) is 1. The normalized spacial score (nSPS) is 18.5. The number of imidazole rings is 1. The Balaban J connectivity index is 1.65. The highest BCUT2D eigenvalue weighted by atomic mass is 35.5. The van der Waals surface area contributed by atoms with E-state index >= 15 is 0 Å². The van der Waals surface area contributed by atoms with Crippen LogP contribution in [0.15, 0.2) is 36.7 Å². The van der Waals surface area contributed by atoms with Gasteiger partial charge in [-0.15, -0.1) is 0 Å². The summed E-state index contributed by atoms with van der Waals surface area (Å²) in [7, 11) is 0. The summed E-state index contributed by atoms with van der Waals surface area (Å²) in [4.78, 5) is 18.8. The van der Waals surface area contributed by atoms with Crippen LogP contribution < -0.4 is 0 Å². The predicted molar refractivity (Wildman–Crippen MR) is 87.0 cm³/mol. The monoisotopic (exact) mass is 317 g/mol. The van der Waals surface area contributed by atoms with Gasteiger partial charge in [0, 0.05) is 30.5 Å². The highest BCUT2D eigenvalue weighted by Crippen LogP contribution is 2.23. The van der Waals surface area contributed by atoms with Crippen LogP contribution in [0.1, 0.15) is 30.3 Å². The maximum Gasteiger partial charge on any atom is 0.227 e. The molecule has 1 aromatic carbocycles. The third-order valence-corrected chi connectivity index (χ3v) is 4.53. The van der Waals surface area contributed by atoms with Crippen molar-refractivity contribution in [3.8, 4) is 0 Å². The predicted octanol–water partition coefficient (Wildman–Crippen LogP) is 3.25. The molecule has 1 aromatic heterocycles. The van der Waals surface area contributed by atoms with Gasteiger partial charge in [-0.3, -0.25) is 4.79 Å². The second-order valence-corrected chi connectivity index (χ2v) is 6.26. The quantitative estimate of drug-likeness (QED) is 0.871. The molecule has 2 aromatic rings. The number of nitrogens with zero attached hydrogens (tertiary/aromatic N) is 3. The Morgan fingerprint density at radius 2 is 2.14 bits per heavy atom. The zero-order valence-electron chi connectivity index (χ0n) is 12.7. The summed E-state index contributed by atoms with van der Waals surface area (Å²) < 4.78 is 2.18. The summed E-state index contributed by atoms with van der Waals surface area (Å²) >= 11 is 5.88. The van der Waals surface area contributed by atoms with Crippen molar-refractivity contribution < 1.29 is 4.79 Å². The summed E-state index contributed by atoms with van der Waals surface area (Å²) in [5, 5.41) is 0.699. The van der Waals surface area contributed by atoms with Gasteiger partial charge in [0.15, 0.2) is 0 Å². The molecule has 1 aliphatic heterocycles. The number of aryl methyl sites for hydroxylation is 1. The van der Waals surface area contributed by atoms with Crippen LogP contribution in [-0.4, -0.2) is 33.4 Å². The molecule has 22 heavy (non-hydrogen) atoms. The van der Waals surface area contributed by atoms with E-state index in [1.807, 2.05) is 48.5 Å². The van der Waals surface area contributed by atoms with Crippen molar-refractivity contribution in [2.24, 2.45) is 0 Å². The average Bonchev–Trinajstić information content (AvgIpc) is 2.96. The van der Waals surface area contributed by atoms with E-state index < -0.39 is 0 Å². The molecular weight excluding hydrogens is 298 g/mol. The molecule has 1 aliphatic rings. The number of piperidine rings is 1. The van der Waals surface area contributed by atoms with E-state index in [0.29, 0.717) is 17.5 Å². The van der Waals surface area contributed by atoms with Crippen LogP contribution in [-0.2, 0) is 11.2 Å². The van der Waals surface area contributed by atoms with E-state index in [1.54, 1.807) is 0 Å². The molecule has 0 saturated carbocycles. The number of carbonyl (C=O) groups excluding carboxylic acids is 1. The molecule has 0 aliphatic carbocycles. The van der Waals surface area contributed by atoms with Crippen LogP contribution in [0.3, 0.4) is 0 Å². The molecule has 4 nitrogen and oxygen atoms in total. The van der Waals surface area contributed by atoms with Crippen LogP contribution in [0.4, 0.5) is 0 Å². The maximum absolute atomic E-state index is 12.5. The molecule has 0 N–H and O–H groups in total. The van der Waals surface area contributed by atoms with Gasteiger partial charge in [-0.25, -0.2) is 4.98 Å². The van der Waals surface area contributed by atoms with E-state index in [-0.39, 0.29) is 5.91 Å². The van der Waals surface area contributed by atoms with Gasteiger partial charge >= 0.3 is 0 Å². The highest BCUT2D eigenvalue weighted by molar-refractivity contribution is 6.30. The van der Waals surface area contributed by atoms with E-state index in [2.05, 4.69) is 9.55 Å². The topological polar surface area (TPSA) is 38.1 Å². The number of hydrogen-bond acceptors (Lipinski definition) is 2. The first kappa shape index (κ1) is 15.1. The van der Waals surface area contributed by atoms with Crippen LogP contribution in [0.2, 0.25) is 5.02 Å². The lowest BCUT2D eigenvalue weighted by atomic mass is 10.0. The number of aromatic nitrogens is 2. The summed E-state index contributed by atoms with van der Waals surface area (Å²) in [5.74, 6) is 1.20. The molecule has 0 unspecified atom stereocenters. The van der Waals surface area contributed by atoms with Crippen LogP contribution in [0, 0.1) is 6.92 Å². The second kappa shape index (κ2) is 6.53. The lowest BCUT2D eigenvalue weighted by molar-refractivity contribution is -0.132. The molecule has 1 amide bonds. The average molecular weight is 318 g/mol. The van der Waals surface area contributed by atoms with Gasteiger partial charge in [-0.05, 0) is 37.5 Å². The molecule has 1 fully saturated rings. The third kappa shape index (κ3) is 3.33. The minimum absolute atomic E-state index is 0.185. The number of rotatable bonds is 3. The fourth-order valence-corrected chi connectivity index (χ4v) is 3.20. The standard InChI is InChI=1S/C17H20ClN3O/c1-13-19-8-10-21(13)16-3-2-9-20(12-16)17(22)11-14-4-6-15(18)7-5-14/h4-8,10,16H,2-3,9,11-12H2,1H3/t16-/m0/s1. The van der Waals surface area contributed by atoms with Gasteiger partial charge < -0.3 is 9.47 Å². The molecule has 5 heteroatoms. The van der Waals surface area contributed by atoms with Gasteiger partial charge in [-0.2, -0.15) is 0 Å². The largest absolute Gasteiger partial charge is 0.340 e. The van der Waals surface area contributed by atoms with Crippen molar-refractivity contribution in [2.75, 3.05) is 13.1 Å². The van der Waals surface area contributed by atoms with Crippen molar-refractivity contribution in [2.45, 2.75) is 32.2 Å². The Labute approximate surface area is 135 Å². The number of amides is 1. The Morgan fingerprint density at radius 3 is 2.82 bits per heavy atom. The van der Waals surface area contributed by atoms with Crippen molar-refractivity contribution >= 4 is 17.5 Å². The van der Waals surface area contributed by atoms with Gasteiger partial charge in [0.2, 0.25) is 5.91 Å². The fraction of sp³-hybridized carbons (Fsp3) is 0.412. The molecule has 0 spiro atoms. The zero-order valence-corrected chi connectivity index (χ0v) is 13.5. The highest BCUT2D eigenvalue weighted by Gasteiger charge is 2.25. The lowest BCUT2D eigenvalue weighted by Gasteiger charge is -2.34. The molecular formula is C17H20ClN3O. The van der Waals surface area contributed by atoms with E-state index in [4.69, 9.17) is 11.6 Å². The van der Waals surface area contributed by atoms with Crippen LogP contribution in [0.5, 0.6) is 0 Å². The first-order chi connectivity index (χ1) is 10.6. The van der Waals surface area contributed by atoms with Gasteiger partial charge in [0.25, 0.3) is 0 Å². The van der Waals surface area contributed by atoms with E-state index in [9.17, 15) is 4.79 Å². The number of benzene rings is 1. The van der Waals surface area contributed by atoms with Crippen molar-refractivity contribution in [1.29, 1.82) is 0 Å². The number of carbonyl (C=O) groups is 1. The molecule has 0 radical (unpaired) electrons. The molecule has 1 saturated heterocycles. The molecule has 1 atom stereocenters. The zero-order chi connectivity index (χ0) is 15.5. The summed E-state index contributed by atoms with van der Waals surface area (Å²) in [6, 6.07) is 7.84. The van der Waals surface area contributed by atoms with Crippen LogP contribution in [0.25, 0.3) is 0 Å². The van der Waals surface area contributed by atoms with Gasteiger partial charge in [-0.1, -0.05) is 23.7 Å². The van der Waals surface area contributed by atoms with Gasteiger partial charge in [0.05, 0.1) is 12.5 Å². The third-order valence-electron chi connectivity index (χ3n) is 4.27. The Bertz CT molecular complexity index is 650. The number of halogens is 1. The van der Waals surface area contributed by atoms with E-state index in [1.165, 1.54) is 0 Å². The van der Waals surface area contributed by atoms with Crippen LogP contribution >= 0.6 is 11.6 Å². The molecule has 2 heterocycles. The number of hydrogen-bond donors (Lipinski definition) is 0. The Kier molecular flexibility index (Phi) is 4.48. The Morgan fingerprint density at radius 1 is 1.36 bits per heavy atom. The second-order valence-electron chi connectivity index (χ2n) is 5.82. The van der Waals surface area contributed by atoms with E-state index in [0.717, 1.165) is 37.3 Å². The van der Waals surface area contributed by atoms with Crippen molar-refractivity contribution in [1.82, 2.24) is 14.5 Å². The minimum atomic E-state index is 0.185. The Hall–Kier alpha value is -1.81. The summed E-state index contributed by atoms with van der Waals surface area (Å²) in [6.45, 7) is 3.62. The first-order valence-corrected chi connectivity index (χ1v) is 8.03. The van der Waals surface area contributed by atoms with Gasteiger partial charge in [0.1, 0.15) is 5.82 Å². The minimum Gasteiger partial charge on any atom is -0.340 e. The summed E-state index contributed by atoms with van der Waals surface area (Å²) in [6.07, 6.45) is 6.40. The maximum atomic E-state index is 12.5. The lowest BCUT2D eigenvalue weighted by Crippen LogP contribution is -2.41. The fourth-order valence-electron chi connectivity index (χ4n) is 3.07.